The van der Waals surface area contributed by atoms with Gasteiger partial charge in [0.15, 0.2) is 0 Å². The molecule has 4 nitrogen and oxygen atoms in total. The topological polar surface area (TPSA) is 66.4 Å². The van der Waals surface area contributed by atoms with Gasteiger partial charge in [-0.3, -0.25) is 9.59 Å². The van der Waals surface area contributed by atoms with Crippen molar-refractivity contribution in [2.24, 2.45) is 17.3 Å². The van der Waals surface area contributed by atoms with E-state index in [1.807, 2.05) is 13.8 Å². The standard InChI is InChI=1S/C15H27NO3/c1-10-6-5-7-12(11(10)2)16-13(17)8-15(3,4)9-14(18)19/h10-12H,5-9H2,1-4H3,(H,16,17)(H,18,19). The van der Waals surface area contributed by atoms with E-state index in [1.54, 1.807) is 0 Å². The maximum atomic E-state index is 12.1. The van der Waals surface area contributed by atoms with Crippen LogP contribution in [0.5, 0.6) is 0 Å². The maximum Gasteiger partial charge on any atom is 0.303 e. The van der Waals surface area contributed by atoms with E-state index >= 15 is 0 Å². The summed E-state index contributed by atoms with van der Waals surface area (Å²) in [5, 5.41) is 11.9. The highest BCUT2D eigenvalue weighted by molar-refractivity contribution is 5.78. The Morgan fingerprint density at radius 2 is 1.84 bits per heavy atom. The van der Waals surface area contributed by atoms with E-state index in [4.69, 9.17) is 5.11 Å². The van der Waals surface area contributed by atoms with Gasteiger partial charge in [0.05, 0.1) is 6.42 Å². The van der Waals surface area contributed by atoms with Crippen LogP contribution < -0.4 is 5.32 Å². The second kappa shape index (κ2) is 6.40. The molecule has 0 aliphatic heterocycles. The third kappa shape index (κ3) is 5.21. The molecule has 4 heteroatoms. The lowest BCUT2D eigenvalue weighted by molar-refractivity contribution is -0.139. The molecule has 0 aromatic heterocycles. The molecule has 0 aromatic rings. The third-order valence-corrected chi connectivity index (χ3v) is 4.32. The molecule has 3 atom stereocenters. The van der Waals surface area contributed by atoms with Gasteiger partial charge >= 0.3 is 5.97 Å². The fourth-order valence-corrected chi connectivity index (χ4v) is 2.95. The predicted octanol–water partition coefficient (Wildman–Crippen LogP) is 2.82. The number of carbonyl (C=O) groups excluding carboxylic acids is 1. The summed E-state index contributed by atoms with van der Waals surface area (Å²) >= 11 is 0. The minimum Gasteiger partial charge on any atom is -0.481 e. The largest absolute Gasteiger partial charge is 0.481 e. The van der Waals surface area contributed by atoms with Gasteiger partial charge in [-0.25, -0.2) is 0 Å². The molecule has 0 saturated heterocycles. The summed E-state index contributed by atoms with van der Waals surface area (Å²) in [7, 11) is 0. The molecule has 2 N–H and O–H groups in total. The number of carboxylic acid groups (broad SMARTS) is 1. The van der Waals surface area contributed by atoms with Gasteiger partial charge in [0.2, 0.25) is 5.91 Å². The first-order valence-corrected chi connectivity index (χ1v) is 7.22. The van der Waals surface area contributed by atoms with Crippen LogP contribution in [0.1, 0.15) is 59.8 Å². The van der Waals surface area contributed by atoms with Crippen molar-refractivity contribution in [2.45, 2.75) is 65.8 Å². The van der Waals surface area contributed by atoms with Crippen molar-refractivity contribution < 1.29 is 14.7 Å². The van der Waals surface area contributed by atoms with E-state index in [1.165, 1.54) is 6.42 Å². The first-order chi connectivity index (χ1) is 8.71. The first kappa shape index (κ1) is 16.0. The minimum atomic E-state index is -0.850. The Bertz CT molecular complexity index is 338. The Morgan fingerprint density at radius 1 is 1.21 bits per heavy atom. The quantitative estimate of drug-likeness (QED) is 0.806. The lowest BCUT2D eigenvalue weighted by Crippen LogP contribution is -2.44. The van der Waals surface area contributed by atoms with E-state index in [2.05, 4.69) is 19.2 Å². The van der Waals surface area contributed by atoms with Gasteiger partial charge in [0.1, 0.15) is 0 Å². The summed E-state index contributed by atoms with van der Waals surface area (Å²) < 4.78 is 0. The van der Waals surface area contributed by atoms with E-state index in [9.17, 15) is 9.59 Å². The van der Waals surface area contributed by atoms with Gasteiger partial charge in [0, 0.05) is 12.5 Å². The molecular weight excluding hydrogens is 242 g/mol. The molecular formula is C15H27NO3. The summed E-state index contributed by atoms with van der Waals surface area (Å²) in [5.74, 6) is 0.279. The molecule has 0 bridgehead atoms. The first-order valence-electron chi connectivity index (χ1n) is 7.22. The number of nitrogens with one attached hydrogen (secondary N) is 1. The zero-order valence-electron chi connectivity index (χ0n) is 12.5. The summed E-state index contributed by atoms with van der Waals surface area (Å²) in [5.41, 5.74) is -0.487. The molecule has 1 amide bonds. The predicted molar refractivity (Wildman–Crippen MR) is 74.8 cm³/mol. The Morgan fingerprint density at radius 3 is 2.42 bits per heavy atom. The molecule has 0 radical (unpaired) electrons. The minimum absolute atomic E-state index is 0.0165. The molecule has 19 heavy (non-hydrogen) atoms. The lowest BCUT2D eigenvalue weighted by Gasteiger charge is -2.35. The van der Waals surface area contributed by atoms with Gasteiger partial charge in [-0.15, -0.1) is 0 Å². The van der Waals surface area contributed by atoms with Crippen molar-refractivity contribution in [1.29, 1.82) is 0 Å². The molecule has 1 aliphatic carbocycles. The number of rotatable bonds is 5. The van der Waals surface area contributed by atoms with Gasteiger partial charge in [-0.05, 0) is 23.7 Å². The van der Waals surface area contributed by atoms with Crippen LogP contribution in [0.2, 0.25) is 0 Å². The van der Waals surface area contributed by atoms with Crippen LogP contribution in [-0.4, -0.2) is 23.0 Å². The maximum absolute atomic E-state index is 12.1. The molecule has 0 aromatic carbocycles. The molecule has 1 saturated carbocycles. The molecule has 1 aliphatic rings. The van der Waals surface area contributed by atoms with Crippen molar-refractivity contribution in [3.8, 4) is 0 Å². The van der Waals surface area contributed by atoms with Gasteiger partial charge < -0.3 is 10.4 Å². The van der Waals surface area contributed by atoms with Crippen molar-refractivity contribution in [3.63, 3.8) is 0 Å². The monoisotopic (exact) mass is 269 g/mol. The molecule has 1 fully saturated rings. The molecule has 0 spiro atoms. The SMILES string of the molecule is CC1CCCC(NC(=O)CC(C)(C)CC(=O)O)C1C. The van der Waals surface area contributed by atoms with E-state index in [-0.39, 0.29) is 24.8 Å². The van der Waals surface area contributed by atoms with Crippen LogP contribution >= 0.6 is 0 Å². The lowest BCUT2D eigenvalue weighted by atomic mass is 9.77. The molecule has 110 valence electrons. The molecule has 1 rings (SSSR count). The highest BCUT2D eigenvalue weighted by Crippen LogP contribution is 2.30. The van der Waals surface area contributed by atoms with Crippen LogP contribution in [-0.2, 0) is 9.59 Å². The number of aliphatic carboxylic acids is 1. The second-order valence-corrected chi connectivity index (χ2v) is 6.85. The Labute approximate surface area is 116 Å². The third-order valence-electron chi connectivity index (χ3n) is 4.32. The number of hydrogen-bond acceptors (Lipinski definition) is 2. The van der Waals surface area contributed by atoms with E-state index in [0.717, 1.165) is 12.8 Å². The summed E-state index contributed by atoms with van der Waals surface area (Å²) in [6, 6.07) is 0.247. The zero-order chi connectivity index (χ0) is 14.6. The van der Waals surface area contributed by atoms with Crippen LogP contribution in [0.4, 0.5) is 0 Å². The van der Waals surface area contributed by atoms with Crippen molar-refractivity contribution in [2.75, 3.05) is 0 Å². The second-order valence-electron chi connectivity index (χ2n) is 6.85. The highest BCUT2D eigenvalue weighted by Gasteiger charge is 2.30. The van der Waals surface area contributed by atoms with Crippen molar-refractivity contribution in [3.05, 3.63) is 0 Å². The summed E-state index contributed by atoms with van der Waals surface area (Å²) in [4.78, 5) is 22.8. The number of carbonyl (C=O) groups is 2. The highest BCUT2D eigenvalue weighted by atomic mass is 16.4. The van der Waals surface area contributed by atoms with Crippen LogP contribution in [0, 0.1) is 17.3 Å². The average molecular weight is 269 g/mol. The van der Waals surface area contributed by atoms with Crippen LogP contribution in [0.25, 0.3) is 0 Å². The Balaban J connectivity index is 2.48. The fraction of sp³-hybridized carbons (Fsp3) is 0.867. The normalized spacial score (nSPS) is 27.9. The number of carboxylic acids is 1. The zero-order valence-corrected chi connectivity index (χ0v) is 12.5. The summed E-state index contributed by atoms with van der Waals surface area (Å²) in [6.07, 6.45) is 3.73. The van der Waals surface area contributed by atoms with E-state index in [0.29, 0.717) is 11.8 Å². The van der Waals surface area contributed by atoms with Crippen molar-refractivity contribution >= 4 is 11.9 Å². The smallest absolute Gasteiger partial charge is 0.303 e. The van der Waals surface area contributed by atoms with E-state index < -0.39 is 11.4 Å². The average Bonchev–Trinajstić information content (AvgIpc) is 2.21. The van der Waals surface area contributed by atoms with Crippen LogP contribution in [0.3, 0.4) is 0 Å². The Kier molecular flexibility index (Phi) is 5.39. The summed E-state index contributed by atoms with van der Waals surface area (Å²) in [6.45, 7) is 8.08. The van der Waals surface area contributed by atoms with Crippen LogP contribution in [0.15, 0.2) is 0 Å². The van der Waals surface area contributed by atoms with Gasteiger partial charge in [-0.2, -0.15) is 0 Å². The van der Waals surface area contributed by atoms with Gasteiger partial charge in [-0.1, -0.05) is 40.5 Å². The Hall–Kier alpha value is -1.06. The molecule has 3 unspecified atom stereocenters. The van der Waals surface area contributed by atoms with Crippen molar-refractivity contribution in [1.82, 2.24) is 5.32 Å². The molecule has 0 heterocycles. The van der Waals surface area contributed by atoms with Gasteiger partial charge in [0.25, 0.3) is 0 Å². The number of hydrogen-bond donors (Lipinski definition) is 2. The number of amides is 1. The fourth-order valence-electron chi connectivity index (χ4n) is 2.95.